The summed E-state index contributed by atoms with van der Waals surface area (Å²) in [7, 11) is 1.84. The van der Waals surface area contributed by atoms with Gasteiger partial charge in [0, 0.05) is 38.4 Å². The highest BCUT2D eigenvalue weighted by Crippen LogP contribution is 2.58. The number of benzene rings is 3. The maximum Gasteiger partial charge on any atom is 0.238 e. The molecule has 2 amide bonds. The number of carbonyl (C=O) groups excluding carboxylic acids is 2. The highest BCUT2D eigenvalue weighted by Gasteiger charge is 2.63. The molecule has 3 aromatic rings. The molecular formula is C31H32N2O3. The van der Waals surface area contributed by atoms with Gasteiger partial charge in [0.05, 0.1) is 0 Å². The maximum atomic E-state index is 14.5. The number of hydrogen-bond acceptors (Lipinski definition) is 3. The van der Waals surface area contributed by atoms with E-state index in [-0.39, 0.29) is 23.7 Å². The Morgan fingerprint density at radius 1 is 0.917 bits per heavy atom. The minimum atomic E-state index is -0.760. The minimum absolute atomic E-state index is 0.0968. The molecule has 3 aliphatic rings. The molecule has 2 heterocycles. The summed E-state index contributed by atoms with van der Waals surface area (Å²) in [6.45, 7) is 0.922. The first kappa shape index (κ1) is 22.8. The van der Waals surface area contributed by atoms with Crippen LogP contribution >= 0.6 is 0 Å². The normalized spacial score (nSPS) is 26.4. The van der Waals surface area contributed by atoms with Crippen molar-refractivity contribution >= 4 is 11.8 Å². The third kappa shape index (κ3) is 3.69. The predicted molar refractivity (Wildman–Crippen MR) is 138 cm³/mol. The molecule has 1 saturated heterocycles. The fourth-order valence-corrected chi connectivity index (χ4v) is 6.72. The lowest BCUT2D eigenvalue weighted by Crippen LogP contribution is -2.70. The van der Waals surface area contributed by atoms with E-state index in [1.165, 1.54) is 0 Å². The Morgan fingerprint density at radius 3 is 2.19 bits per heavy atom. The van der Waals surface area contributed by atoms with Gasteiger partial charge >= 0.3 is 0 Å². The second-order valence-electron chi connectivity index (χ2n) is 10.4. The zero-order chi connectivity index (χ0) is 24.7. The van der Waals surface area contributed by atoms with Crippen molar-refractivity contribution in [3.63, 3.8) is 0 Å². The van der Waals surface area contributed by atoms with Crippen molar-refractivity contribution in [1.29, 1.82) is 0 Å². The molecule has 2 bridgehead atoms. The van der Waals surface area contributed by atoms with Gasteiger partial charge in [-0.15, -0.1) is 0 Å². The number of hydrogen-bond donors (Lipinski definition) is 0. The number of nitrogens with zero attached hydrogens (tertiary/aromatic N) is 2. The topological polar surface area (TPSA) is 49.9 Å². The SMILES string of the molecule is CN1C(=O)[C@@H](C(=O)N(Cc2ccccc2)Cc2ccccc2)[C@H]2c3ccccc3O[C@@]13CCCC[C@H]23. The third-order valence-corrected chi connectivity index (χ3v) is 8.41. The minimum Gasteiger partial charge on any atom is -0.467 e. The van der Waals surface area contributed by atoms with Crippen LogP contribution in [0.5, 0.6) is 5.75 Å². The van der Waals surface area contributed by atoms with Gasteiger partial charge in [0.15, 0.2) is 5.72 Å². The molecule has 5 heteroatoms. The van der Waals surface area contributed by atoms with Crippen LogP contribution in [-0.4, -0.2) is 34.4 Å². The van der Waals surface area contributed by atoms with E-state index in [0.717, 1.165) is 48.1 Å². The summed E-state index contributed by atoms with van der Waals surface area (Å²) in [5.74, 6) is -0.239. The standard InChI is InChI=1S/C31H32N2O3/c1-32-29(34)28(27-24-16-8-9-18-26(24)36-31(32)19-11-10-17-25(27)31)30(35)33(20-22-12-4-2-5-13-22)21-23-14-6-3-7-15-23/h2-9,12-16,18,25,27-28H,10-11,17,19-21H2,1H3/t25-,27+,28+,31-/m1/s1. The quantitative estimate of drug-likeness (QED) is 0.462. The zero-order valence-corrected chi connectivity index (χ0v) is 20.7. The van der Waals surface area contributed by atoms with Gasteiger partial charge in [-0.05, 0) is 35.6 Å². The lowest BCUT2D eigenvalue weighted by atomic mass is 9.61. The summed E-state index contributed by atoms with van der Waals surface area (Å²) in [5, 5.41) is 0. The van der Waals surface area contributed by atoms with Crippen molar-refractivity contribution < 1.29 is 14.3 Å². The molecule has 2 fully saturated rings. The lowest BCUT2D eigenvalue weighted by molar-refractivity contribution is -0.203. The first-order chi connectivity index (χ1) is 17.6. The summed E-state index contributed by atoms with van der Waals surface area (Å²) < 4.78 is 6.64. The average Bonchev–Trinajstić information content (AvgIpc) is 2.92. The van der Waals surface area contributed by atoms with Crippen LogP contribution in [0, 0.1) is 11.8 Å². The molecule has 1 aliphatic carbocycles. The van der Waals surface area contributed by atoms with Gasteiger partial charge < -0.3 is 14.5 Å². The number of amides is 2. The van der Waals surface area contributed by atoms with Crippen molar-refractivity contribution in [3.05, 3.63) is 102 Å². The van der Waals surface area contributed by atoms with E-state index in [2.05, 4.69) is 6.07 Å². The smallest absolute Gasteiger partial charge is 0.238 e. The van der Waals surface area contributed by atoms with Gasteiger partial charge in [0.25, 0.3) is 0 Å². The van der Waals surface area contributed by atoms with Crippen molar-refractivity contribution in [2.24, 2.45) is 11.8 Å². The Hall–Kier alpha value is -3.60. The average molecular weight is 481 g/mol. The molecule has 6 rings (SSSR count). The van der Waals surface area contributed by atoms with Gasteiger partial charge in [-0.2, -0.15) is 0 Å². The number of carbonyl (C=O) groups is 2. The molecular weight excluding hydrogens is 448 g/mol. The van der Waals surface area contributed by atoms with E-state index in [1.807, 2.05) is 90.8 Å². The van der Waals surface area contributed by atoms with Crippen LogP contribution in [0.2, 0.25) is 0 Å². The van der Waals surface area contributed by atoms with Gasteiger partial charge in [-0.25, -0.2) is 0 Å². The summed E-state index contributed by atoms with van der Waals surface area (Å²) in [5.41, 5.74) is 2.45. The van der Waals surface area contributed by atoms with E-state index in [0.29, 0.717) is 13.1 Å². The maximum absolute atomic E-state index is 14.5. The largest absolute Gasteiger partial charge is 0.467 e. The molecule has 3 aromatic carbocycles. The zero-order valence-electron chi connectivity index (χ0n) is 20.7. The Morgan fingerprint density at radius 2 is 1.53 bits per heavy atom. The van der Waals surface area contributed by atoms with Crippen LogP contribution < -0.4 is 4.74 Å². The summed E-state index contributed by atoms with van der Waals surface area (Å²) in [4.78, 5) is 32.2. The van der Waals surface area contributed by atoms with E-state index in [9.17, 15) is 9.59 Å². The molecule has 4 atom stereocenters. The van der Waals surface area contributed by atoms with E-state index >= 15 is 0 Å². The van der Waals surface area contributed by atoms with Crippen LogP contribution in [0.15, 0.2) is 84.9 Å². The molecule has 0 unspecified atom stereocenters. The van der Waals surface area contributed by atoms with Gasteiger partial charge in [-0.3, -0.25) is 9.59 Å². The first-order valence-electron chi connectivity index (χ1n) is 13.0. The number of piperidine rings is 1. The first-order valence-corrected chi connectivity index (χ1v) is 13.0. The van der Waals surface area contributed by atoms with Crippen molar-refractivity contribution in [2.45, 2.75) is 50.4 Å². The van der Waals surface area contributed by atoms with Crippen LogP contribution in [0.4, 0.5) is 0 Å². The Kier molecular flexibility index (Phi) is 5.79. The van der Waals surface area contributed by atoms with E-state index in [1.54, 1.807) is 4.90 Å². The number of fused-ring (bicyclic) bond motifs is 2. The number of para-hydroxylation sites is 1. The summed E-state index contributed by atoms with van der Waals surface area (Å²) in [6.07, 6.45) is 3.88. The van der Waals surface area contributed by atoms with Crippen LogP contribution in [-0.2, 0) is 22.7 Å². The van der Waals surface area contributed by atoms with Gasteiger partial charge in [-0.1, -0.05) is 85.3 Å². The fraction of sp³-hybridized carbons (Fsp3) is 0.355. The number of rotatable bonds is 5. The molecule has 5 nitrogen and oxygen atoms in total. The monoisotopic (exact) mass is 480 g/mol. The highest BCUT2D eigenvalue weighted by molar-refractivity contribution is 6.02. The molecule has 0 N–H and O–H groups in total. The van der Waals surface area contributed by atoms with Crippen LogP contribution in [0.1, 0.15) is 48.3 Å². The molecule has 184 valence electrons. The Balaban J connectivity index is 1.43. The van der Waals surface area contributed by atoms with Crippen molar-refractivity contribution in [1.82, 2.24) is 9.80 Å². The van der Waals surface area contributed by atoms with Crippen LogP contribution in [0.25, 0.3) is 0 Å². The summed E-state index contributed by atoms with van der Waals surface area (Å²) in [6, 6.07) is 28.1. The molecule has 0 radical (unpaired) electrons. The van der Waals surface area contributed by atoms with Crippen molar-refractivity contribution in [3.8, 4) is 5.75 Å². The number of ether oxygens (including phenoxy) is 1. The molecule has 1 saturated carbocycles. The van der Waals surface area contributed by atoms with Crippen molar-refractivity contribution in [2.75, 3.05) is 7.05 Å². The molecule has 2 aliphatic heterocycles. The van der Waals surface area contributed by atoms with Crippen LogP contribution in [0.3, 0.4) is 0 Å². The second-order valence-corrected chi connectivity index (χ2v) is 10.4. The van der Waals surface area contributed by atoms with Gasteiger partial charge in [0.1, 0.15) is 11.7 Å². The fourth-order valence-electron chi connectivity index (χ4n) is 6.72. The number of likely N-dealkylation sites (tertiary alicyclic amines) is 1. The molecule has 36 heavy (non-hydrogen) atoms. The Labute approximate surface area is 212 Å². The highest BCUT2D eigenvalue weighted by atomic mass is 16.5. The van der Waals surface area contributed by atoms with Gasteiger partial charge in [0.2, 0.25) is 11.8 Å². The molecule has 0 spiro atoms. The lowest BCUT2D eigenvalue weighted by Gasteiger charge is -2.60. The summed E-state index contributed by atoms with van der Waals surface area (Å²) >= 11 is 0. The second kappa shape index (κ2) is 9.12. The van der Waals surface area contributed by atoms with E-state index < -0.39 is 11.6 Å². The predicted octanol–water partition coefficient (Wildman–Crippen LogP) is 5.37. The molecule has 0 aromatic heterocycles. The Bertz CT molecular complexity index is 1220. The van der Waals surface area contributed by atoms with E-state index in [4.69, 9.17) is 4.74 Å². The third-order valence-electron chi connectivity index (χ3n) is 8.41.